The fourth-order valence-electron chi connectivity index (χ4n) is 2.09. The van der Waals surface area contributed by atoms with Crippen LogP contribution in [0.2, 0.25) is 0 Å². The molecule has 0 aliphatic heterocycles. The third-order valence-electron chi connectivity index (χ3n) is 3.10. The minimum absolute atomic E-state index is 0.377. The molecule has 2 nitrogen and oxygen atoms in total. The molecule has 3 heteroatoms. The summed E-state index contributed by atoms with van der Waals surface area (Å²) in [6.45, 7) is 7.54. The lowest BCUT2D eigenvalue weighted by molar-refractivity contribution is 0.393. The lowest BCUT2D eigenvalue weighted by Crippen LogP contribution is -2.22. The van der Waals surface area contributed by atoms with Crippen LogP contribution in [0.25, 0.3) is 0 Å². The maximum absolute atomic E-state index is 5.53. The van der Waals surface area contributed by atoms with Gasteiger partial charge in [0.25, 0.3) is 0 Å². The molecule has 1 N–H and O–H groups in total. The summed E-state index contributed by atoms with van der Waals surface area (Å²) in [6.07, 6.45) is 3.44. The first-order chi connectivity index (χ1) is 8.63. The van der Waals surface area contributed by atoms with Crippen molar-refractivity contribution in [1.29, 1.82) is 0 Å². The minimum atomic E-state index is 0.377. The van der Waals surface area contributed by atoms with Gasteiger partial charge >= 0.3 is 0 Å². The van der Waals surface area contributed by atoms with E-state index in [0.717, 1.165) is 36.0 Å². The Morgan fingerprint density at radius 1 is 1.28 bits per heavy atom. The van der Waals surface area contributed by atoms with Crippen molar-refractivity contribution in [2.45, 2.75) is 46.1 Å². The largest absolute Gasteiger partial charge is 0.496 e. The highest BCUT2D eigenvalue weighted by Crippen LogP contribution is 2.33. The van der Waals surface area contributed by atoms with E-state index in [1.807, 2.05) is 0 Å². The van der Waals surface area contributed by atoms with Crippen molar-refractivity contribution in [2.24, 2.45) is 0 Å². The lowest BCUT2D eigenvalue weighted by Gasteiger charge is -2.21. The fourth-order valence-corrected chi connectivity index (χ4v) is 2.46. The molecule has 0 saturated carbocycles. The number of rotatable bonds is 7. The van der Waals surface area contributed by atoms with E-state index in [2.05, 4.69) is 54.2 Å². The first-order valence-corrected chi connectivity index (χ1v) is 7.50. The maximum atomic E-state index is 5.53. The average Bonchev–Trinajstić information content (AvgIpc) is 2.37. The highest BCUT2D eigenvalue weighted by atomic mass is 79.9. The monoisotopic (exact) mass is 313 g/mol. The van der Waals surface area contributed by atoms with Gasteiger partial charge in [-0.05, 0) is 44.0 Å². The highest BCUT2D eigenvalue weighted by Gasteiger charge is 2.16. The van der Waals surface area contributed by atoms with Crippen LogP contribution < -0.4 is 10.1 Å². The van der Waals surface area contributed by atoms with Gasteiger partial charge in [0.15, 0.2) is 0 Å². The second kappa shape index (κ2) is 7.80. The summed E-state index contributed by atoms with van der Waals surface area (Å²) in [4.78, 5) is 0. The van der Waals surface area contributed by atoms with Crippen molar-refractivity contribution in [3.63, 3.8) is 0 Å². The van der Waals surface area contributed by atoms with Gasteiger partial charge in [-0.1, -0.05) is 36.2 Å². The minimum Gasteiger partial charge on any atom is -0.496 e. The standard InChI is InChI=1S/C15H24BrNO/c1-5-7-14(17-8-6-2)12-10-13(16)11(3)9-15(12)18-4/h9-10,14,17H,5-8H2,1-4H3. The molecular weight excluding hydrogens is 290 g/mol. The molecule has 0 aliphatic carbocycles. The zero-order valence-corrected chi connectivity index (χ0v) is 13.4. The van der Waals surface area contributed by atoms with Crippen molar-refractivity contribution in [3.05, 3.63) is 27.7 Å². The van der Waals surface area contributed by atoms with Crippen LogP contribution in [-0.2, 0) is 0 Å². The summed E-state index contributed by atoms with van der Waals surface area (Å²) in [7, 11) is 1.75. The van der Waals surface area contributed by atoms with E-state index in [1.54, 1.807) is 7.11 Å². The summed E-state index contributed by atoms with van der Waals surface area (Å²) < 4.78 is 6.68. The Hall–Kier alpha value is -0.540. The molecule has 102 valence electrons. The van der Waals surface area contributed by atoms with E-state index in [4.69, 9.17) is 4.74 Å². The van der Waals surface area contributed by atoms with E-state index in [-0.39, 0.29) is 0 Å². The Labute approximate surface area is 119 Å². The number of halogens is 1. The molecule has 0 saturated heterocycles. The lowest BCUT2D eigenvalue weighted by atomic mass is 9.99. The number of benzene rings is 1. The second-order valence-electron chi connectivity index (χ2n) is 4.64. The Bertz CT molecular complexity index is 379. The van der Waals surface area contributed by atoms with Crippen molar-refractivity contribution < 1.29 is 4.74 Å². The van der Waals surface area contributed by atoms with Gasteiger partial charge in [0.2, 0.25) is 0 Å². The molecular formula is C15H24BrNO. The van der Waals surface area contributed by atoms with Crippen LogP contribution in [-0.4, -0.2) is 13.7 Å². The number of ether oxygens (including phenoxy) is 1. The van der Waals surface area contributed by atoms with Gasteiger partial charge in [0.05, 0.1) is 7.11 Å². The predicted molar refractivity (Wildman–Crippen MR) is 81.4 cm³/mol. The molecule has 0 amide bonds. The molecule has 1 aromatic rings. The summed E-state index contributed by atoms with van der Waals surface area (Å²) in [5.74, 6) is 0.984. The SMILES string of the molecule is CCCNC(CCC)c1cc(Br)c(C)cc1OC. The molecule has 18 heavy (non-hydrogen) atoms. The van der Waals surface area contributed by atoms with Gasteiger partial charge in [0.1, 0.15) is 5.75 Å². The molecule has 0 radical (unpaired) electrons. The van der Waals surface area contributed by atoms with Crippen LogP contribution in [0.1, 0.15) is 50.3 Å². The molecule has 0 fully saturated rings. The number of hydrogen-bond acceptors (Lipinski definition) is 2. The Morgan fingerprint density at radius 2 is 2.00 bits per heavy atom. The zero-order valence-electron chi connectivity index (χ0n) is 11.8. The number of methoxy groups -OCH3 is 1. The van der Waals surface area contributed by atoms with Gasteiger partial charge in [0, 0.05) is 16.1 Å². The van der Waals surface area contributed by atoms with Crippen molar-refractivity contribution in [1.82, 2.24) is 5.32 Å². The summed E-state index contributed by atoms with van der Waals surface area (Å²) in [5, 5.41) is 3.61. The predicted octanol–water partition coefficient (Wildman–Crippen LogP) is 4.61. The zero-order chi connectivity index (χ0) is 13.5. The summed E-state index contributed by atoms with van der Waals surface area (Å²) >= 11 is 3.61. The molecule has 0 aromatic heterocycles. The molecule has 1 atom stereocenters. The number of hydrogen-bond donors (Lipinski definition) is 1. The first kappa shape index (κ1) is 15.5. The average molecular weight is 314 g/mol. The van der Waals surface area contributed by atoms with Crippen molar-refractivity contribution >= 4 is 15.9 Å². The molecule has 1 unspecified atom stereocenters. The molecule has 1 rings (SSSR count). The second-order valence-corrected chi connectivity index (χ2v) is 5.49. The van der Waals surface area contributed by atoms with E-state index < -0.39 is 0 Å². The van der Waals surface area contributed by atoms with Crippen LogP contribution in [0.15, 0.2) is 16.6 Å². The first-order valence-electron chi connectivity index (χ1n) is 6.71. The van der Waals surface area contributed by atoms with E-state index in [1.165, 1.54) is 11.1 Å². The van der Waals surface area contributed by atoms with E-state index in [0.29, 0.717) is 6.04 Å². The third-order valence-corrected chi connectivity index (χ3v) is 3.96. The van der Waals surface area contributed by atoms with Crippen LogP contribution in [0.3, 0.4) is 0 Å². The van der Waals surface area contributed by atoms with Gasteiger partial charge in [-0.25, -0.2) is 0 Å². The van der Waals surface area contributed by atoms with E-state index >= 15 is 0 Å². The highest BCUT2D eigenvalue weighted by molar-refractivity contribution is 9.10. The maximum Gasteiger partial charge on any atom is 0.123 e. The smallest absolute Gasteiger partial charge is 0.123 e. The van der Waals surface area contributed by atoms with E-state index in [9.17, 15) is 0 Å². The van der Waals surface area contributed by atoms with Crippen molar-refractivity contribution in [2.75, 3.05) is 13.7 Å². The van der Waals surface area contributed by atoms with Gasteiger partial charge in [-0.3, -0.25) is 0 Å². The number of aryl methyl sites for hydroxylation is 1. The Morgan fingerprint density at radius 3 is 2.56 bits per heavy atom. The Balaban J connectivity index is 3.04. The van der Waals surface area contributed by atoms with Crippen LogP contribution in [0.5, 0.6) is 5.75 Å². The third kappa shape index (κ3) is 3.99. The summed E-state index contributed by atoms with van der Waals surface area (Å²) in [6, 6.07) is 4.68. The van der Waals surface area contributed by atoms with Crippen LogP contribution in [0.4, 0.5) is 0 Å². The molecule has 0 bridgehead atoms. The number of nitrogens with one attached hydrogen (secondary N) is 1. The topological polar surface area (TPSA) is 21.3 Å². The molecule has 1 aromatic carbocycles. The molecule has 0 aliphatic rings. The summed E-state index contributed by atoms with van der Waals surface area (Å²) in [5.41, 5.74) is 2.46. The van der Waals surface area contributed by atoms with Gasteiger partial charge in [-0.15, -0.1) is 0 Å². The normalized spacial score (nSPS) is 12.5. The molecule has 0 spiro atoms. The van der Waals surface area contributed by atoms with Crippen LogP contribution in [0, 0.1) is 6.92 Å². The molecule has 0 heterocycles. The van der Waals surface area contributed by atoms with Crippen molar-refractivity contribution in [3.8, 4) is 5.75 Å². The van der Waals surface area contributed by atoms with Gasteiger partial charge < -0.3 is 10.1 Å². The quantitative estimate of drug-likeness (QED) is 0.794. The van der Waals surface area contributed by atoms with Gasteiger partial charge in [-0.2, -0.15) is 0 Å². The fraction of sp³-hybridized carbons (Fsp3) is 0.600. The Kier molecular flexibility index (Phi) is 6.72. The van der Waals surface area contributed by atoms with Crippen LogP contribution >= 0.6 is 15.9 Å².